The van der Waals surface area contributed by atoms with Gasteiger partial charge in [-0.05, 0) is 5.56 Å². The first-order chi connectivity index (χ1) is 5.84. The van der Waals surface area contributed by atoms with E-state index in [9.17, 15) is 4.39 Å². The van der Waals surface area contributed by atoms with E-state index in [0.29, 0.717) is 0 Å². The molecule has 0 aliphatic carbocycles. The Morgan fingerprint density at radius 3 is 2.08 bits per heavy atom. The second kappa shape index (κ2) is 6.84. The van der Waals surface area contributed by atoms with Crippen molar-refractivity contribution in [3.63, 3.8) is 0 Å². The van der Waals surface area contributed by atoms with Gasteiger partial charge in [-0.15, -0.1) is 0 Å². The van der Waals surface area contributed by atoms with Crippen LogP contribution in [0, 0.1) is 0 Å². The molecule has 68 valence electrons. The highest BCUT2D eigenvalue weighted by Crippen LogP contribution is 2.13. The third-order valence-corrected chi connectivity index (χ3v) is 1.60. The molecule has 0 bridgehead atoms. The van der Waals surface area contributed by atoms with Crippen LogP contribution in [0.15, 0.2) is 30.3 Å². The van der Waals surface area contributed by atoms with E-state index in [4.69, 9.17) is 0 Å². The smallest absolute Gasteiger partial charge is 0.0960 e. The molecule has 0 saturated heterocycles. The molecule has 0 nitrogen and oxygen atoms in total. The quantitative estimate of drug-likeness (QED) is 0.630. The van der Waals surface area contributed by atoms with E-state index in [2.05, 4.69) is 0 Å². The zero-order valence-corrected chi connectivity index (χ0v) is 8.05. The molecule has 0 heterocycles. The van der Waals surface area contributed by atoms with Crippen molar-refractivity contribution >= 4 is 0 Å². The maximum Gasteiger partial charge on any atom is 0.0960 e. The molecular weight excluding hydrogens is 151 g/mol. The molecule has 12 heavy (non-hydrogen) atoms. The van der Waals surface area contributed by atoms with Gasteiger partial charge in [0, 0.05) is 5.92 Å². The van der Waals surface area contributed by atoms with Crippen molar-refractivity contribution in [2.75, 3.05) is 6.67 Å². The van der Waals surface area contributed by atoms with Gasteiger partial charge in [-0.25, -0.2) is 0 Å². The van der Waals surface area contributed by atoms with Crippen LogP contribution in [0.1, 0.15) is 32.3 Å². The summed E-state index contributed by atoms with van der Waals surface area (Å²) < 4.78 is 12.1. The van der Waals surface area contributed by atoms with Crippen LogP contribution < -0.4 is 0 Å². The predicted octanol–water partition coefficient (Wildman–Crippen LogP) is 3.79. The fraction of sp³-hybridized carbons (Fsp3) is 0.455. The summed E-state index contributed by atoms with van der Waals surface area (Å²) in [4.78, 5) is 0. The van der Waals surface area contributed by atoms with Gasteiger partial charge in [0.2, 0.25) is 0 Å². The van der Waals surface area contributed by atoms with Gasteiger partial charge < -0.3 is 0 Å². The van der Waals surface area contributed by atoms with Gasteiger partial charge in [0.1, 0.15) is 0 Å². The molecule has 1 rings (SSSR count). The van der Waals surface area contributed by atoms with E-state index in [1.54, 1.807) is 0 Å². The average Bonchev–Trinajstić information content (AvgIpc) is 2.21. The number of alkyl halides is 1. The van der Waals surface area contributed by atoms with Crippen LogP contribution >= 0.6 is 0 Å². The van der Waals surface area contributed by atoms with E-state index < -0.39 is 0 Å². The Morgan fingerprint density at radius 2 is 1.67 bits per heavy atom. The van der Waals surface area contributed by atoms with E-state index in [1.807, 2.05) is 51.1 Å². The monoisotopic (exact) mass is 168 g/mol. The molecule has 0 saturated carbocycles. The summed E-state index contributed by atoms with van der Waals surface area (Å²) >= 11 is 0. The predicted molar refractivity (Wildman–Crippen MR) is 52.2 cm³/mol. The Balaban J connectivity index is 0.000000561. The van der Waals surface area contributed by atoms with Crippen LogP contribution in [0.5, 0.6) is 0 Å². The van der Waals surface area contributed by atoms with Crippen molar-refractivity contribution < 1.29 is 4.39 Å². The summed E-state index contributed by atoms with van der Waals surface area (Å²) in [7, 11) is 0. The molecular formula is C11H17F. The van der Waals surface area contributed by atoms with Crippen molar-refractivity contribution in [1.82, 2.24) is 0 Å². The van der Waals surface area contributed by atoms with Crippen LogP contribution in [-0.2, 0) is 0 Å². The summed E-state index contributed by atoms with van der Waals surface area (Å²) in [5, 5.41) is 0. The van der Waals surface area contributed by atoms with Gasteiger partial charge in [0.15, 0.2) is 0 Å². The highest BCUT2D eigenvalue weighted by molar-refractivity contribution is 5.18. The minimum atomic E-state index is -0.274. The normalized spacial score (nSPS) is 11.3. The lowest BCUT2D eigenvalue weighted by Gasteiger charge is -2.04. The first kappa shape index (κ1) is 11.2. The lowest BCUT2D eigenvalue weighted by Crippen LogP contribution is -1.93. The second-order valence-corrected chi connectivity index (χ2v) is 2.47. The van der Waals surface area contributed by atoms with Gasteiger partial charge in [-0.1, -0.05) is 51.1 Å². The molecule has 0 radical (unpaired) electrons. The number of hydrogen-bond donors (Lipinski definition) is 0. The van der Waals surface area contributed by atoms with Gasteiger partial charge in [-0.3, -0.25) is 4.39 Å². The molecule has 1 aromatic rings. The van der Waals surface area contributed by atoms with Crippen molar-refractivity contribution in [2.45, 2.75) is 26.7 Å². The maximum absolute atomic E-state index is 12.1. The van der Waals surface area contributed by atoms with Crippen molar-refractivity contribution in [1.29, 1.82) is 0 Å². The van der Waals surface area contributed by atoms with E-state index >= 15 is 0 Å². The minimum absolute atomic E-state index is 0.0428. The summed E-state index contributed by atoms with van der Waals surface area (Å²) in [6, 6.07) is 9.70. The number of hydrogen-bond acceptors (Lipinski definition) is 0. The topological polar surface area (TPSA) is 0 Å². The largest absolute Gasteiger partial charge is 0.250 e. The fourth-order valence-electron chi connectivity index (χ4n) is 0.871. The minimum Gasteiger partial charge on any atom is -0.250 e. The SMILES string of the molecule is CC.CC(CF)c1ccccc1. The Morgan fingerprint density at radius 1 is 1.17 bits per heavy atom. The average molecular weight is 168 g/mol. The lowest BCUT2D eigenvalue weighted by molar-refractivity contribution is 0.447. The Hall–Kier alpha value is -0.850. The van der Waals surface area contributed by atoms with E-state index in [0.717, 1.165) is 5.56 Å². The van der Waals surface area contributed by atoms with Crippen LogP contribution in [0.2, 0.25) is 0 Å². The Bertz CT molecular complexity index is 181. The van der Waals surface area contributed by atoms with Crippen LogP contribution in [0.25, 0.3) is 0 Å². The highest BCUT2D eigenvalue weighted by Gasteiger charge is 2.01. The highest BCUT2D eigenvalue weighted by atomic mass is 19.1. The Kier molecular flexibility index (Phi) is 6.35. The zero-order valence-electron chi connectivity index (χ0n) is 8.05. The van der Waals surface area contributed by atoms with Crippen LogP contribution in [0.3, 0.4) is 0 Å². The summed E-state index contributed by atoms with van der Waals surface area (Å²) in [5.41, 5.74) is 1.07. The molecule has 1 heteroatoms. The van der Waals surface area contributed by atoms with Crippen molar-refractivity contribution in [2.24, 2.45) is 0 Å². The molecule has 0 spiro atoms. The molecule has 1 unspecified atom stereocenters. The lowest BCUT2D eigenvalue weighted by atomic mass is 10.0. The standard InChI is InChI=1S/C9H11F.C2H6/c1-8(7-10)9-5-3-2-4-6-9;1-2/h2-6,8H,7H2,1H3;1-2H3. The Labute approximate surface area is 74.4 Å². The summed E-state index contributed by atoms with van der Waals surface area (Å²) in [6.45, 7) is 5.61. The van der Waals surface area contributed by atoms with Crippen molar-refractivity contribution in [3.8, 4) is 0 Å². The molecule has 0 aliphatic heterocycles. The third kappa shape index (κ3) is 3.51. The molecule has 0 aliphatic rings. The van der Waals surface area contributed by atoms with Gasteiger partial charge in [0.05, 0.1) is 6.67 Å². The number of benzene rings is 1. The fourth-order valence-corrected chi connectivity index (χ4v) is 0.871. The van der Waals surface area contributed by atoms with E-state index in [1.165, 1.54) is 0 Å². The molecule has 1 aromatic carbocycles. The molecule has 0 amide bonds. The first-order valence-electron chi connectivity index (χ1n) is 4.45. The van der Waals surface area contributed by atoms with Gasteiger partial charge in [0.25, 0.3) is 0 Å². The zero-order chi connectivity index (χ0) is 9.40. The maximum atomic E-state index is 12.1. The van der Waals surface area contributed by atoms with Crippen molar-refractivity contribution in [3.05, 3.63) is 35.9 Å². The van der Waals surface area contributed by atoms with Crippen LogP contribution in [-0.4, -0.2) is 6.67 Å². The number of rotatable bonds is 2. The summed E-state index contributed by atoms with van der Waals surface area (Å²) in [6.07, 6.45) is 0. The molecule has 1 atom stereocenters. The van der Waals surface area contributed by atoms with Gasteiger partial charge in [-0.2, -0.15) is 0 Å². The first-order valence-corrected chi connectivity index (χ1v) is 4.45. The van der Waals surface area contributed by atoms with Crippen LogP contribution in [0.4, 0.5) is 4.39 Å². The summed E-state index contributed by atoms with van der Waals surface area (Å²) in [5.74, 6) is 0.0428. The molecule has 0 N–H and O–H groups in total. The third-order valence-electron chi connectivity index (χ3n) is 1.60. The van der Waals surface area contributed by atoms with E-state index in [-0.39, 0.29) is 12.6 Å². The number of halogens is 1. The molecule has 0 fully saturated rings. The second-order valence-electron chi connectivity index (χ2n) is 2.47. The molecule has 0 aromatic heterocycles. The van der Waals surface area contributed by atoms with Gasteiger partial charge >= 0.3 is 0 Å².